The highest BCUT2D eigenvalue weighted by atomic mass is 16.3. The fourth-order valence-corrected chi connectivity index (χ4v) is 3.01. The van der Waals surface area contributed by atoms with Crippen LogP contribution < -0.4 is 11.1 Å². The molecule has 0 amide bonds. The summed E-state index contributed by atoms with van der Waals surface area (Å²) >= 11 is 0. The number of aromatic nitrogens is 9. The molecule has 0 aliphatic heterocycles. The lowest BCUT2D eigenvalue weighted by Crippen LogP contribution is -2.12. The number of fused-ring (bicyclic) bond motifs is 1. The first-order valence-electron chi connectivity index (χ1n) is 9.17. The quantitative estimate of drug-likeness (QED) is 0.423. The number of rotatable bonds is 6. The Bertz CT molecular complexity index is 1290. The molecule has 3 N–H and O–H groups in total. The van der Waals surface area contributed by atoms with E-state index in [1.54, 1.807) is 23.1 Å². The molecule has 0 spiro atoms. The Labute approximate surface area is 169 Å². The molecule has 12 nitrogen and oxygen atoms in total. The molecule has 0 aliphatic carbocycles. The van der Waals surface area contributed by atoms with E-state index in [9.17, 15) is 0 Å². The summed E-state index contributed by atoms with van der Waals surface area (Å²) in [6, 6.07) is 11.6. The van der Waals surface area contributed by atoms with Crippen molar-refractivity contribution in [2.75, 3.05) is 17.6 Å². The van der Waals surface area contributed by atoms with Crippen LogP contribution in [0.25, 0.3) is 28.8 Å². The monoisotopic (exact) mass is 403 g/mol. The zero-order valence-electron chi connectivity index (χ0n) is 16.0. The molecule has 4 heterocycles. The van der Waals surface area contributed by atoms with E-state index in [-0.39, 0.29) is 5.95 Å². The van der Waals surface area contributed by atoms with Crippen LogP contribution in [0.1, 0.15) is 5.56 Å². The maximum atomic E-state index is 6.00. The smallest absolute Gasteiger partial charge is 0.259 e. The summed E-state index contributed by atoms with van der Waals surface area (Å²) in [5.74, 6) is 2.58. The lowest BCUT2D eigenvalue weighted by Gasteiger charge is -2.06. The molecule has 0 radical (unpaired) electrons. The Balaban J connectivity index is 1.26. The number of benzene rings is 1. The second-order valence-electron chi connectivity index (χ2n) is 6.53. The zero-order chi connectivity index (χ0) is 20.5. The van der Waals surface area contributed by atoms with Crippen molar-refractivity contribution >= 4 is 17.7 Å². The SMILES string of the molecule is Cn1nnnc1-c1ccc(CCNc2nc(N)n3nc(-c4ccco4)nc3n2)cc1. The number of anilines is 2. The van der Waals surface area contributed by atoms with Gasteiger partial charge in [-0.25, -0.2) is 4.68 Å². The van der Waals surface area contributed by atoms with Crippen molar-refractivity contribution in [1.29, 1.82) is 0 Å². The third kappa shape index (κ3) is 3.30. The minimum atomic E-state index is 0.189. The zero-order valence-corrected chi connectivity index (χ0v) is 16.0. The van der Waals surface area contributed by atoms with E-state index < -0.39 is 0 Å². The van der Waals surface area contributed by atoms with Crippen LogP contribution in [0.15, 0.2) is 47.1 Å². The average Bonchev–Trinajstić information content (AvgIpc) is 3.49. The van der Waals surface area contributed by atoms with E-state index in [0.717, 1.165) is 23.4 Å². The van der Waals surface area contributed by atoms with Gasteiger partial charge < -0.3 is 15.5 Å². The number of hydrogen-bond acceptors (Lipinski definition) is 10. The summed E-state index contributed by atoms with van der Waals surface area (Å²) in [6.07, 6.45) is 2.33. The van der Waals surface area contributed by atoms with Crippen molar-refractivity contribution in [2.45, 2.75) is 6.42 Å². The van der Waals surface area contributed by atoms with E-state index in [1.807, 2.05) is 31.3 Å². The first-order valence-corrected chi connectivity index (χ1v) is 9.17. The molecule has 1 aromatic carbocycles. The number of hydrogen-bond donors (Lipinski definition) is 2. The van der Waals surface area contributed by atoms with Gasteiger partial charge in [0.25, 0.3) is 5.78 Å². The average molecular weight is 403 g/mol. The Morgan fingerprint density at radius 1 is 1.10 bits per heavy atom. The molecular formula is C18H17N11O. The predicted octanol–water partition coefficient (Wildman–Crippen LogP) is 1.21. The number of nitrogens with one attached hydrogen (secondary N) is 1. The fourth-order valence-electron chi connectivity index (χ4n) is 3.01. The number of aryl methyl sites for hydroxylation is 1. The number of nitrogens with zero attached hydrogens (tertiary/aromatic N) is 9. The molecule has 5 rings (SSSR count). The van der Waals surface area contributed by atoms with E-state index in [0.29, 0.717) is 29.9 Å². The molecule has 0 bridgehead atoms. The second-order valence-corrected chi connectivity index (χ2v) is 6.53. The minimum absolute atomic E-state index is 0.189. The Kier molecular flexibility index (Phi) is 4.28. The lowest BCUT2D eigenvalue weighted by atomic mass is 10.1. The van der Waals surface area contributed by atoms with Gasteiger partial charge in [0, 0.05) is 19.2 Å². The van der Waals surface area contributed by atoms with E-state index >= 15 is 0 Å². The van der Waals surface area contributed by atoms with Crippen molar-refractivity contribution in [1.82, 2.24) is 44.8 Å². The normalized spacial score (nSPS) is 11.2. The fraction of sp³-hybridized carbons (Fsp3) is 0.167. The van der Waals surface area contributed by atoms with Crippen LogP contribution in [0, 0.1) is 0 Å². The van der Waals surface area contributed by atoms with Crippen LogP contribution in [0.4, 0.5) is 11.9 Å². The highest BCUT2D eigenvalue weighted by Gasteiger charge is 2.13. The van der Waals surface area contributed by atoms with Gasteiger partial charge >= 0.3 is 0 Å². The third-order valence-electron chi connectivity index (χ3n) is 4.50. The standard InChI is InChI=1S/C18H17N11O/c1-28-15(24-26-27-28)12-6-4-11(5-7-12)8-9-20-17-22-16(19)29-18(23-17)21-14(25-29)13-3-2-10-30-13/h2-7,10H,8-9H2,1H3,(H3,19,20,21,22,23,25). The highest BCUT2D eigenvalue weighted by Crippen LogP contribution is 2.18. The molecule has 5 aromatic rings. The summed E-state index contributed by atoms with van der Waals surface area (Å²) in [5.41, 5.74) is 8.11. The van der Waals surface area contributed by atoms with E-state index in [4.69, 9.17) is 10.2 Å². The van der Waals surface area contributed by atoms with Gasteiger partial charge in [-0.3, -0.25) is 0 Å². The highest BCUT2D eigenvalue weighted by molar-refractivity contribution is 5.55. The van der Waals surface area contributed by atoms with Gasteiger partial charge in [-0.2, -0.15) is 19.5 Å². The van der Waals surface area contributed by atoms with Gasteiger partial charge in [-0.1, -0.05) is 24.3 Å². The summed E-state index contributed by atoms with van der Waals surface area (Å²) < 4.78 is 8.33. The Hall–Kier alpha value is -4.35. The van der Waals surface area contributed by atoms with Crippen molar-refractivity contribution in [3.8, 4) is 23.0 Å². The van der Waals surface area contributed by atoms with Crippen molar-refractivity contribution in [2.24, 2.45) is 7.05 Å². The van der Waals surface area contributed by atoms with E-state index in [1.165, 1.54) is 4.52 Å². The maximum absolute atomic E-state index is 6.00. The van der Waals surface area contributed by atoms with Crippen molar-refractivity contribution in [3.63, 3.8) is 0 Å². The summed E-state index contributed by atoms with van der Waals surface area (Å²) in [6.45, 7) is 0.625. The molecule has 0 unspecified atom stereocenters. The second kappa shape index (κ2) is 7.24. The summed E-state index contributed by atoms with van der Waals surface area (Å²) in [4.78, 5) is 13.0. The summed E-state index contributed by atoms with van der Waals surface area (Å²) in [5, 5.41) is 19.0. The van der Waals surface area contributed by atoms with Gasteiger partial charge in [0.2, 0.25) is 17.7 Å². The van der Waals surface area contributed by atoms with Gasteiger partial charge in [0.15, 0.2) is 11.6 Å². The number of nitrogens with two attached hydrogens (primary N) is 1. The number of tetrazole rings is 1. The molecule has 150 valence electrons. The molecule has 0 saturated carbocycles. The van der Waals surface area contributed by atoms with Crippen LogP contribution in [0.5, 0.6) is 0 Å². The van der Waals surface area contributed by atoms with Gasteiger partial charge in [-0.15, -0.1) is 10.2 Å². The first-order chi connectivity index (χ1) is 14.7. The third-order valence-corrected chi connectivity index (χ3v) is 4.50. The Morgan fingerprint density at radius 3 is 2.70 bits per heavy atom. The predicted molar refractivity (Wildman–Crippen MR) is 107 cm³/mol. The van der Waals surface area contributed by atoms with Crippen LogP contribution in [-0.4, -0.2) is 51.3 Å². The van der Waals surface area contributed by atoms with Gasteiger partial charge in [0.05, 0.1) is 6.26 Å². The molecule has 30 heavy (non-hydrogen) atoms. The number of nitrogen functional groups attached to an aromatic ring is 1. The molecule has 4 aromatic heterocycles. The molecular weight excluding hydrogens is 386 g/mol. The molecule has 0 atom stereocenters. The van der Waals surface area contributed by atoms with Crippen LogP contribution in [0.3, 0.4) is 0 Å². The lowest BCUT2D eigenvalue weighted by molar-refractivity contribution is 0.577. The number of furan rings is 1. The molecule has 0 saturated heterocycles. The van der Waals surface area contributed by atoms with Crippen LogP contribution >= 0.6 is 0 Å². The van der Waals surface area contributed by atoms with Gasteiger partial charge in [0.1, 0.15) is 0 Å². The topological polar surface area (TPSA) is 151 Å². The summed E-state index contributed by atoms with van der Waals surface area (Å²) in [7, 11) is 1.81. The molecule has 0 aliphatic rings. The molecule has 0 fully saturated rings. The van der Waals surface area contributed by atoms with Crippen LogP contribution in [0.2, 0.25) is 0 Å². The largest absolute Gasteiger partial charge is 0.461 e. The van der Waals surface area contributed by atoms with Crippen molar-refractivity contribution in [3.05, 3.63) is 48.2 Å². The molecule has 12 heteroatoms. The van der Waals surface area contributed by atoms with Crippen molar-refractivity contribution < 1.29 is 4.42 Å². The maximum Gasteiger partial charge on any atom is 0.259 e. The first kappa shape index (κ1) is 17.7. The van der Waals surface area contributed by atoms with Crippen LogP contribution in [-0.2, 0) is 13.5 Å². The van der Waals surface area contributed by atoms with E-state index in [2.05, 4.69) is 40.9 Å². The Morgan fingerprint density at radius 2 is 1.97 bits per heavy atom. The minimum Gasteiger partial charge on any atom is -0.461 e. The van der Waals surface area contributed by atoms with Gasteiger partial charge in [-0.05, 0) is 34.5 Å².